The number of anilines is 1. The smallest absolute Gasteiger partial charge is 0.342 e. The molecular weight excluding hydrogens is 238 g/mol. The van der Waals surface area contributed by atoms with Crippen LogP contribution in [-0.2, 0) is 13.8 Å². The fourth-order valence-electron chi connectivity index (χ4n) is 1.21. The molecule has 0 heterocycles. The monoisotopic (exact) mass is 251 g/mol. The minimum Gasteiger partial charge on any atom is -0.388 e. The first-order valence-corrected chi connectivity index (χ1v) is 6.08. The highest BCUT2D eigenvalue weighted by Crippen LogP contribution is 2.16. The molecule has 4 nitrogen and oxygen atoms in total. The van der Waals surface area contributed by atoms with Crippen molar-refractivity contribution < 1.29 is 13.8 Å². The molecule has 0 saturated carbocycles. The van der Waals surface area contributed by atoms with Crippen LogP contribution in [0.4, 0.5) is 5.69 Å². The first-order chi connectivity index (χ1) is 8.13. The van der Waals surface area contributed by atoms with Crippen LogP contribution < -0.4 is 5.32 Å². The third-order valence-corrected chi connectivity index (χ3v) is 2.17. The molecule has 90 valence electrons. The third kappa shape index (κ3) is 4.74. The lowest BCUT2D eigenvalue weighted by molar-refractivity contribution is -0.127. The summed E-state index contributed by atoms with van der Waals surface area (Å²) in [7, 11) is 0. The molecule has 0 aliphatic rings. The van der Waals surface area contributed by atoms with Gasteiger partial charge in [0, 0.05) is 24.9 Å². The van der Waals surface area contributed by atoms with Crippen LogP contribution in [0.15, 0.2) is 30.3 Å². The van der Waals surface area contributed by atoms with Crippen LogP contribution in [0.5, 0.6) is 0 Å². The Kier molecular flexibility index (Phi) is 5.29. The van der Waals surface area contributed by atoms with Crippen LogP contribution >= 0.6 is 12.0 Å². The zero-order valence-corrected chi connectivity index (χ0v) is 10.4. The van der Waals surface area contributed by atoms with Crippen molar-refractivity contribution in [1.29, 1.82) is 0 Å². The molecule has 1 rings (SSSR count). The summed E-state index contributed by atoms with van der Waals surface area (Å²) in [6.45, 7) is 1.43. The van der Waals surface area contributed by atoms with Crippen LogP contribution in [0.25, 0.3) is 6.08 Å². The zero-order valence-electron chi connectivity index (χ0n) is 9.60. The summed E-state index contributed by atoms with van der Waals surface area (Å²) in [6.07, 6.45) is 4.58. The Bertz CT molecular complexity index is 443. The summed E-state index contributed by atoms with van der Waals surface area (Å²) in [6, 6.07) is 7.20. The van der Waals surface area contributed by atoms with Gasteiger partial charge in [0.1, 0.15) is 0 Å². The molecule has 0 saturated heterocycles. The summed E-state index contributed by atoms with van der Waals surface area (Å²) >= 11 is 0.989. The lowest BCUT2D eigenvalue weighted by Crippen LogP contribution is -2.06. The van der Waals surface area contributed by atoms with E-state index < -0.39 is 5.97 Å². The highest BCUT2D eigenvalue weighted by molar-refractivity contribution is 7.94. The Labute approximate surface area is 104 Å². The summed E-state index contributed by atoms with van der Waals surface area (Å²) < 4.78 is 4.69. The standard InChI is InChI=1S/C12H13NO3S/c1-9(14)13-11-6-4-3-5-10(11)7-8-12(15)16-17-2/h3-8H,1-2H3,(H,13,14). The Morgan fingerprint density at radius 3 is 2.71 bits per heavy atom. The van der Waals surface area contributed by atoms with Gasteiger partial charge in [-0.25, -0.2) is 4.79 Å². The van der Waals surface area contributed by atoms with E-state index in [2.05, 4.69) is 9.50 Å². The van der Waals surface area contributed by atoms with E-state index in [9.17, 15) is 9.59 Å². The fraction of sp³-hybridized carbons (Fsp3) is 0.167. The maximum atomic E-state index is 11.1. The predicted molar refractivity (Wildman–Crippen MR) is 69.4 cm³/mol. The van der Waals surface area contributed by atoms with E-state index in [0.29, 0.717) is 5.69 Å². The predicted octanol–water partition coefficient (Wildman–Crippen LogP) is 2.48. The molecule has 0 bridgehead atoms. The maximum Gasteiger partial charge on any atom is 0.342 e. The van der Waals surface area contributed by atoms with E-state index in [1.165, 1.54) is 13.0 Å². The number of carbonyl (C=O) groups is 2. The average molecular weight is 251 g/mol. The van der Waals surface area contributed by atoms with Gasteiger partial charge in [0.2, 0.25) is 5.91 Å². The first-order valence-electron chi connectivity index (χ1n) is 4.93. The largest absolute Gasteiger partial charge is 0.388 e. The number of nitrogens with one attached hydrogen (secondary N) is 1. The van der Waals surface area contributed by atoms with Gasteiger partial charge in [-0.15, -0.1) is 0 Å². The Morgan fingerprint density at radius 2 is 2.06 bits per heavy atom. The SMILES string of the molecule is CSOC(=O)C=Cc1ccccc1NC(C)=O. The molecule has 0 atom stereocenters. The van der Waals surface area contributed by atoms with E-state index >= 15 is 0 Å². The van der Waals surface area contributed by atoms with Gasteiger partial charge in [-0.1, -0.05) is 18.2 Å². The zero-order chi connectivity index (χ0) is 12.7. The quantitative estimate of drug-likeness (QED) is 0.659. The maximum absolute atomic E-state index is 11.1. The van der Waals surface area contributed by atoms with Crippen LogP contribution in [0.3, 0.4) is 0 Å². The molecule has 0 aliphatic carbocycles. The van der Waals surface area contributed by atoms with Crippen molar-refractivity contribution in [3.8, 4) is 0 Å². The minimum absolute atomic E-state index is 0.155. The Balaban J connectivity index is 2.83. The topological polar surface area (TPSA) is 55.4 Å². The van der Waals surface area contributed by atoms with Crippen molar-refractivity contribution in [1.82, 2.24) is 0 Å². The van der Waals surface area contributed by atoms with Crippen LogP contribution in [-0.4, -0.2) is 18.1 Å². The number of rotatable bonds is 4. The molecule has 1 aromatic carbocycles. The van der Waals surface area contributed by atoms with Crippen molar-refractivity contribution in [3.05, 3.63) is 35.9 Å². The average Bonchev–Trinajstić information content (AvgIpc) is 2.27. The number of amides is 1. The van der Waals surface area contributed by atoms with Crippen molar-refractivity contribution >= 4 is 35.7 Å². The lowest BCUT2D eigenvalue weighted by atomic mass is 10.1. The van der Waals surface area contributed by atoms with Crippen molar-refractivity contribution in [3.63, 3.8) is 0 Å². The van der Waals surface area contributed by atoms with E-state index in [-0.39, 0.29) is 5.91 Å². The normalized spacial score (nSPS) is 10.2. The number of para-hydroxylation sites is 1. The highest BCUT2D eigenvalue weighted by atomic mass is 32.2. The molecular formula is C12H13NO3S. The molecule has 0 aromatic heterocycles. The minimum atomic E-state index is -0.435. The summed E-state index contributed by atoms with van der Waals surface area (Å²) in [5.74, 6) is -0.590. The third-order valence-electron chi connectivity index (χ3n) is 1.84. The molecule has 5 heteroatoms. The molecule has 0 fully saturated rings. The van der Waals surface area contributed by atoms with Gasteiger partial charge in [-0.3, -0.25) is 4.79 Å². The van der Waals surface area contributed by atoms with Gasteiger partial charge in [-0.2, -0.15) is 0 Å². The van der Waals surface area contributed by atoms with Gasteiger partial charge in [-0.05, 0) is 17.7 Å². The summed E-state index contributed by atoms with van der Waals surface area (Å²) in [4.78, 5) is 22.1. The summed E-state index contributed by atoms with van der Waals surface area (Å²) in [5, 5.41) is 2.68. The van der Waals surface area contributed by atoms with E-state index in [0.717, 1.165) is 17.6 Å². The van der Waals surface area contributed by atoms with Crippen LogP contribution in [0.2, 0.25) is 0 Å². The van der Waals surface area contributed by atoms with Crippen LogP contribution in [0.1, 0.15) is 12.5 Å². The second kappa shape index (κ2) is 6.75. The molecule has 0 spiro atoms. The Morgan fingerprint density at radius 1 is 1.35 bits per heavy atom. The van der Waals surface area contributed by atoms with Gasteiger partial charge in [0.15, 0.2) is 0 Å². The number of carbonyl (C=O) groups excluding carboxylic acids is 2. The molecule has 1 amide bonds. The van der Waals surface area contributed by atoms with Gasteiger partial charge < -0.3 is 9.50 Å². The molecule has 0 aliphatic heterocycles. The summed E-state index contributed by atoms with van der Waals surface area (Å²) in [5.41, 5.74) is 1.41. The molecule has 0 unspecified atom stereocenters. The number of hydrogen-bond donors (Lipinski definition) is 1. The van der Waals surface area contributed by atoms with Crippen molar-refractivity contribution in [2.75, 3.05) is 11.6 Å². The highest BCUT2D eigenvalue weighted by Gasteiger charge is 2.01. The van der Waals surface area contributed by atoms with Crippen molar-refractivity contribution in [2.45, 2.75) is 6.92 Å². The number of hydrogen-bond acceptors (Lipinski definition) is 4. The second-order valence-corrected chi connectivity index (χ2v) is 3.67. The van der Waals surface area contributed by atoms with E-state index in [1.807, 2.05) is 12.1 Å². The number of benzene rings is 1. The fourth-order valence-corrected chi connectivity index (χ4v) is 1.43. The van der Waals surface area contributed by atoms with Crippen molar-refractivity contribution in [2.24, 2.45) is 0 Å². The second-order valence-electron chi connectivity index (χ2n) is 3.17. The lowest BCUT2D eigenvalue weighted by Gasteiger charge is -2.05. The molecule has 1 aromatic rings. The van der Waals surface area contributed by atoms with Crippen LogP contribution in [0, 0.1) is 0 Å². The van der Waals surface area contributed by atoms with Gasteiger partial charge in [0.25, 0.3) is 0 Å². The first kappa shape index (κ1) is 13.3. The van der Waals surface area contributed by atoms with Gasteiger partial charge >= 0.3 is 5.97 Å². The Hall–Kier alpha value is -1.75. The van der Waals surface area contributed by atoms with E-state index in [4.69, 9.17) is 0 Å². The molecule has 17 heavy (non-hydrogen) atoms. The molecule has 0 radical (unpaired) electrons. The molecule has 1 N–H and O–H groups in total. The van der Waals surface area contributed by atoms with Gasteiger partial charge in [0.05, 0.1) is 12.0 Å². The van der Waals surface area contributed by atoms with E-state index in [1.54, 1.807) is 24.5 Å².